The largest absolute Gasteiger partial charge is 0.350 e. The van der Waals surface area contributed by atoms with Gasteiger partial charge in [-0.1, -0.05) is 25.4 Å². The lowest BCUT2D eigenvalue weighted by Crippen LogP contribution is -2.27. The molecule has 4 nitrogen and oxygen atoms in total. The Labute approximate surface area is 87.7 Å². The molecule has 0 fully saturated rings. The van der Waals surface area contributed by atoms with Crippen molar-refractivity contribution >= 4 is 17.5 Å². The van der Waals surface area contributed by atoms with Crippen LogP contribution in [0.3, 0.4) is 0 Å². The maximum Gasteiger partial charge on any atom is 0.222 e. The van der Waals surface area contributed by atoms with Crippen molar-refractivity contribution in [2.45, 2.75) is 20.4 Å². The summed E-state index contributed by atoms with van der Waals surface area (Å²) < 4.78 is 0. The molecule has 1 amide bonds. The van der Waals surface area contributed by atoms with Gasteiger partial charge in [-0.05, 0) is 0 Å². The minimum atomic E-state index is -0.0366. The molecule has 0 aliphatic carbocycles. The molecule has 5 heteroatoms. The van der Waals surface area contributed by atoms with Gasteiger partial charge in [0.25, 0.3) is 0 Å². The van der Waals surface area contributed by atoms with Crippen LogP contribution in [-0.2, 0) is 11.3 Å². The normalized spacial score (nSPS) is 10.3. The van der Waals surface area contributed by atoms with Crippen LogP contribution < -0.4 is 5.32 Å². The van der Waals surface area contributed by atoms with Gasteiger partial charge in [0.1, 0.15) is 0 Å². The summed E-state index contributed by atoms with van der Waals surface area (Å²) >= 11 is 5.76. The number of carbonyl (C=O) groups excluding carboxylic acids is 1. The van der Waals surface area contributed by atoms with Gasteiger partial charge >= 0.3 is 0 Å². The Kier molecular flexibility index (Phi) is 3.83. The molecule has 1 aromatic heterocycles. The Morgan fingerprint density at radius 3 is 2.71 bits per heavy atom. The summed E-state index contributed by atoms with van der Waals surface area (Å²) in [7, 11) is 0. The van der Waals surface area contributed by atoms with Gasteiger partial charge in [-0.3, -0.25) is 9.78 Å². The third kappa shape index (κ3) is 2.96. The second-order valence-corrected chi connectivity index (χ2v) is 3.52. The molecule has 0 aromatic carbocycles. The molecule has 0 aliphatic rings. The van der Waals surface area contributed by atoms with Crippen LogP contribution in [0.1, 0.15) is 19.5 Å². The second-order valence-electron chi connectivity index (χ2n) is 3.17. The van der Waals surface area contributed by atoms with Crippen molar-refractivity contribution < 1.29 is 4.79 Å². The molecule has 1 rings (SSSR count). The number of hydrogen-bond donors (Lipinski definition) is 1. The first-order valence-electron chi connectivity index (χ1n) is 4.34. The van der Waals surface area contributed by atoms with E-state index in [0.717, 1.165) is 0 Å². The van der Waals surface area contributed by atoms with E-state index < -0.39 is 0 Å². The molecule has 0 radical (unpaired) electrons. The van der Waals surface area contributed by atoms with E-state index in [1.807, 2.05) is 13.8 Å². The molecule has 0 unspecified atom stereocenters. The molecule has 0 atom stereocenters. The maximum absolute atomic E-state index is 11.2. The van der Waals surface area contributed by atoms with Crippen molar-refractivity contribution in [2.75, 3.05) is 0 Å². The van der Waals surface area contributed by atoms with Gasteiger partial charge in [-0.2, -0.15) is 0 Å². The fourth-order valence-corrected chi connectivity index (χ4v) is 1.02. The van der Waals surface area contributed by atoms with E-state index >= 15 is 0 Å². The van der Waals surface area contributed by atoms with Crippen LogP contribution >= 0.6 is 11.6 Å². The summed E-state index contributed by atoms with van der Waals surface area (Å²) in [5.74, 6) is -0.0582. The molecular weight excluding hydrogens is 202 g/mol. The first-order valence-corrected chi connectivity index (χ1v) is 4.72. The monoisotopic (exact) mass is 213 g/mol. The van der Waals surface area contributed by atoms with Crippen LogP contribution in [-0.4, -0.2) is 15.9 Å². The van der Waals surface area contributed by atoms with E-state index in [-0.39, 0.29) is 11.8 Å². The smallest absolute Gasteiger partial charge is 0.222 e. The topological polar surface area (TPSA) is 54.9 Å². The minimum absolute atomic E-state index is 0.0216. The molecule has 1 aromatic rings. The number of carbonyl (C=O) groups is 1. The lowest BCUT2D eigenvalue weighted by atomic mass is 10.2. The summed E-state index contributed by atoms with van der Waals surface area (Å²) in [6, 6.07) is 0. The van der Waals surface area contributed by atoms with E-state index in [9.17, 15) is 4.79 Å². The molecule has 1 N–H and O–H groups in total. The van der Waals surface area contributed by atoms with Crippen LogP contribution in [0.15, 0.2) is 12.4 Å². The molecule has 0 bridgehead atoms. The average Bonchev–Trinajstić information content (AvgIpc) is 2.16. The summed E-state index contributed by atoms with van der Waals surface area (Å²) in [4.78, 5) is 19.1. The third-order valence-electron chi connectivity index (χ3n) is 1.68. The van der Waals surface area contributed by atoms with Crippen molar-refractivity contribution in [3.63, 3.8) is 0 Å². The quantitative estimate of drug-likeness (QED) is 0.826. The molecular formula is C9H12ClN3O. The molecule has 14 heavy (non-hydrogen) atoms. The van der Waals surface area contributed by atoms with Crippen molar-refractivity contribution in [3.8, 4) is 0 Å². The van der Waals surface area contributed by atoms with Gasteiger partial charge in [0, 0.05) is 18.3 Å². The lowest BCUT2D eigenvalue weighted by Gasteiger charge is -2.07. The Morgan fingerprint density at radius 2 is 2.14 bits per heavy atom. The van der Waals surface area contributed by atoms with Gasteiger partial charge in [0.2, 0.25) is 5.91 Å². The van der Waals surface area contributed by atoms with Crippen LogP contribution in [0.2, 0.25) is 5.15 Å². The highest BCUT2D eigenvalue weighted by Gasteiger charge is 2.08. The van der Waals surface area contributed by atoms with E-state index in [1.165, 1.54) is 6.20 Å². The average molecular weight is 214 g/mol. The number of nitrogens with one attached hydrogen (secondary N) is 1. The minimum Gasteiger partial charge on any atom is -0.350 e. The van der Waals surface area contributed by atoms with Gasteiger partial charge in [-0.15, -0.1) is 0 Å². The fraction of sp³-hybridized carbons (Fsp3) is 0.444. The number of halogens is 1. The van der Waals surface area contributed by atoms with Gasteiger partial charge in [-0.25, -0.2) is 4.98 Å². The summed E-state index contributed by atoms with van der Waals surface area (Å²) in [6.07, 6.45) is 3.05. The number of rotatable bonds is 3. The molecule has 0 saturated carbocycles. The lowest BCUT2D eigenvalue weighted by molar-refractivity contribution is -0.124. The van der Waals surface area contributed by atoms with Crippen LogP contribution in [0.5, 0.6) is 0 Å². The maximum atomic E-state index is 11.2. The third-order valence-corrected chi connectivity index (χ3v) is 1.99. The van der Waals surface area contributed by atoms with Crippen LogP contribution in [0, 0.1) is 5.92 Å². The van der Waals surface area contributed by atoms with Gasteiger partial charge < -0.3 is 5.32 Å². The molecule has 76 valence electrons. The first kappa shape index (κ1) is 10.9. The van der Waals surface area contributed by atoms with E-state index in [0.29, 0.717) is 17.4 Å². The van der Waals surface area contributed by atoms with E-state index in [2.05, 4.69) is 15.3 Å². The highest BCUT2D eigenvalue weighted by Crippen LogP contribution is 2.07. The Balaban J connectivity index is 2.54. The van der Waals surface area contributed by atoms with Crippen LogP contribution in [0.4, 0.5) is 0 Å². The van der Waals surface area contributed by atoms with Crippen molar-refractivity contribution in [2.24, 2.45) is 5.92 Å². The van der Waals surface area contributed by atoms with Crippen molar-refractivity contribution in [1.29, 1.82) is 0 Å². The first-order chi connectivity index (χ1) is 6.61. The van der Waals surface area contributed by atoms with Gasteiger partial charge in [0.15, 0.2) is 5.15 Å². The van der Waals surface area contributed by atoms with Gasteiger partial charge in [0.05, 0.1) is 12.2 Å². The zero-order valence-electron chi connectivity index (χ0n) is 8.12. The summed E-state index contributed by atoms with van der Waals surface area (Å²) in [5, 5.41) is 3.04. The fourth-order valence-electron chi connectivity index (χ4n) is 0.843. The highest BCUT2D eigenvalue weighted by atomic mass is 35.5. The number of amides is 1. The number of aromatic nitrogens is 2. The standard InChI is InChI=1S/C9H12ClN3O/c1-6(2)9(14)13-5-7-8(10)12-4-3-11-7/h3-4,6H,5H2,1-2H3,(H,13,14). The number of nitrogens with zero attached hydrogens (tertiary/aromatic N) is 2. The summed E-state index contributed by atoms with van der Waals surface area (Å²) in [5.41, 5.74) is 0.586. The predicted molar refractivity (Wildman–Crippen MR) is 53.7 cm³/mol. The SMILES string of the molecule is CC(C)C(=O)NCc1nccnc1Cl. The highest BCUT2D eigenvalue weighted by molar-refractivity contribution is 6.29. The molecule has 0 spiro atoms. The molecule has 0 aliphatic heterocycles. The molecule has 0 saturated heterocycles. The zero-order chi connectivity index (χ0) is 10.6. The van der Waals surface area contributed by atoms with Crippen molar-refractivity contribution in [1.82, 2.24) is 15.3 Å². The van der Waals surface area contributed by atoms with Crippen LogP contribution in [0.25, 0.3) is 0 Å². The number of hydrogen-bond acceptors (Lipinski definition) is 3. The summed E-state index contributed by atoms with van der Waals surface area (Å²) in [6.45, 7) is 3.98. The predicted octanol–water partition coefficient (Wildman–Crippen LogP) is 1.40. The van der Waals surface area contributed by atoms with Crippen molar-refractivity contribution in [3.05, 3.63) is 23.2 Å². The molecule has 1 heterocycles. The Hall–Kier alpha value is -1.16. The second kappa shape index (κ2) is 4.91. The Morgan fingerprint density at radius 1 is 1.50 bits per heavy atom. The van der Waals surface area contributed by atoms with E-state index in [1.54, 1.807) is 6.20 Å². The van der Waals surface area contributed by atoms with E-state index in [4.69, 9.17) is 11.6 Å². The Bertz CT molecular complexity index is 328. The zero-order valence-corrected chi connectivity index (χ0v) is 8.88.